The third kappa shape index (κ3) is 3.48. The van der Waals surface area contributed by atoms with Crippen LogP contribution in [-0.4, -0.2) is 23.4 Å². The molecule has 116 valence electrons. The molecule has 1 heterocycles. The highest BCUT2D eigenvalue weighted by molar-refractivity contribution is 9.10. The molecule has 6 heteroatoms. The molecule has 0 saturated heterocycles. The van der Waals surface area contributed by atoms with E-state index in [0.717, 1.165) is 21.3 Å². The van der Waals surface area contributed by atoms with Crippen molar-refractivity contribution in [3.8, 4) is 5.75 Å². The molecule has 1 N–H and O–H groups in total. The first-order chi connectivity index (χ1) is 11.2. The lowest BCUT2D eigenvalue weighted by Gasteiger charge is -2.09. The van der Waals surface area contributed by atoms with Gasteiger partial charge in [-0.1, -0.05) is 28.1 Å². The van der Waals surface area contributed by atoms with Gasteiger partial charge in [0.1, 0.15) is 11.4 Å². The van der Waals surface area contributed by atoms with E-state index in [1.54, 1.807) is 7.11 Å². The molecule has 0 amide bonds. The van der Waals surface area contributed by atoms with Crippen molar-refractivity contribution in [1.82, 2.24) is 9.97 Å². The van der Waals surface area contributed by atoms with E-state index in [0.29, 0.717) is 29.9 Å². The van der Waals surface area contributed by atoms with E-state index in [9.17, 15) is 4.79 Å². The van der Waals surface area contributed by atoms with Crippen LogP contribution >= 0.6 is 15.9 Å². The minimum absolute atomic E-state index is 0.295. The molecule has 0 fully saturated rings. The Hall–Kier alpha value is -2.47. The molecule has 0 spiro atoms. The largest absolute Gasteiger partial charge is 0.497 e. The summed E-state index contributed by atoms with van der Waals surface area (Å²) >= 11 is 3.39. The molecule has 1 aromatic heterocycles. The molecule has 2 aromatic carbocycles. The summed E-state index contributed by atoms with van der Waals surface area (Å²) in [6, 6.07) is 13.3. The Morgan fingerprint density at radius 2 is 1.91 bits per heavy atom. The first-order valence-corrected chi connectivity index (χ1v) is 7.78. The zero-order chi connectivity index (χ0) is 16.2. The average molecular weight is 372 g/mol. The van der Waals surface area contributed by atoms with E-state index in [4.69, 9.17) is 4.74 Å². The summed E-state index contributed by atoms with van der Waals surface area (Å²) in [4.78, 5) is 20.1. The van der Waals surface area contributed by atoms with E-state index >= 15 is 0 Å². The maximum atomic E-state index is 11.3. The van der Waals surface area contributed by atoms with Crippen LogP contribution in [0, 0.1) is 0 Å². The van der Waals surface area contributed by atoms with Gasteiger partial charge in [-0.3, -0.25) is 4.79 Å². The summed E-state index contributed by atoms with van der Waals surface area (Å²) in [7, 11) is 1.63. The fourth-order valence-corrected chi connectivity index (χ4v) is 2.53. The van der Waals surface area contributed by atoms with Gasteiger partial charge in [-0.05, 0) is 35.9 Å². The van der Waals surface area contributed by atoms with Crippen LogP contribution < -0.4 is 10.1 Å². The van der Waals surface area contributed by atoms with E-state index in [1.165, 1.54) is 0 Å². The number of hydrogen-bond acceptors (Lipinski definition) is 5. The monoisotopic (exact) mass is 371 g/mol. The predicted octanol–water partition coefficient (Wildman–Crippen LogP) is 3.83. The number of fused-ring (bicyclic) bond motifs is 1. The quantitative estimate of drug-likeness (QED) is 0.690. The van der Waals surface area contributed by atoms with Crippen molar-refractivity contribution in [2.45, 2.75) is 6.54 Å². The Morgan fingerprint density at radius 3 is 2.61 bits per heavy atom. The first kappa shape index (κ1) is 15.4. The summed E-state index contributed by atoms with van der Waals surface area (Å²) in [6.45, 7) is 0.543. The molecule has 5 nitrogen and oxygen atoms in total. The minimum Gasteiger partial charge on any atom is -0.497 e. The second kappa shape index (κ2) is 6.75. The molecule has 0 aliphatic carbocycles. The Balaban J connectivity index is 1.86. The second-order valence-electron chi connectivity index (χ2n) is 4.91. The number of nitrogens with zero attached hydrogens (tertiary/aromatic N) is 2. The van der Waals surface area contributed by atoms with Gasteiger partial charge in [-0.2, -0.15) is 0 Å². The number of hydrogen-bond donors (Lipinski definition) is 1. The highest BCUT2D eigenvalue weighted by Crippen LogP contribution is 2.20. The van der Waals surface area contributed by atoms with Crippen LogP contribution in [0.3, 0.4) is 0 Å². The Bertz CT molecular complexity index is 850. The average Bonchev–Trinajstić information content (AvgIpc) is 2.59. The number of benzene rings is 2. The molecule has 3 aromatic rings. The summed E-state index contributed by atoms with van der Waals surface area (Å²) in [6.07, 6.45) is 0.712. The van der Waals surface area contributed by atoms with Gasteiger partial charge in [0.25, 0.3) is 0 Å². The number of ether oxygens (including phenoxy) is 1. The molecule has 0 atom stereocenters. The molecule has 23 heavy (non-hydrogen) atoms. The van der Waals surface area contributed by atoms with Crippen LogP contribution in [0.15, 0.2) is 46.9 Å². The maximum absolute atomic E-state index is 11.3. The molecule has 0 radical (unpaired) electrons. The van der Waals surface area contributed by atoms with Gasteiger partial charge in [0.2, 0.25) is 0 Å². The van der Waals surface area contributed by atoms with Crippen LogP contribution in [0.5, 0.6) is 5.75 Å². The van der Waals surface area contributed by atoms with Crippen molar-refractivity contribution in [2.24, 2.45) is 0 Å². The zero-order valence-electron chi connectivity index (χ0n) is 12.4. The standard InChI is InChI=1S/C17H14BrN3O2/c1-23-13-5-2-11(3-6-13)9-19-17-16(10-22)20-15-8-12(18)4-7-14(15)21-17/h2-8,10H,9H2,1H3,(H,19,21). The molecule has 0 aliphatic heterocycles. The van der Waals surface area contributed by atoms with Gasteiger partial charge in [0.05, 0.1) is 18.1 Å². The molecule has 0 unspecified atom stereocenters. The first-order valence-electron chi connectivity index (χ1n) is 6.99. The highest BCUT2D eigenvalue weighted by atomic mass is 79.9. The number of carbonyl (C=O) groups is 1. The third-order valence-corrected chi connectivity index (χ3v) is 3.88. The SMILES string of the molecule is COc1ccc(CNc2nc3ccc(Br)cc3nc2C=O)cc1. The number of carbonyl (C=O) groups excluding carboxylic acids is 1. The molecule has 3 rings (SSSR count). The molecular weight excluding hydrogens is 358 g/mol. The highest BCUT2D eigenvalue weighted by Gasteiger charge is 2.08. The van der Waals surface area contributed by atoms with Gasteiger partial charge in [-0.25, -0.2) is 9.97 Å². The summed E-state index contributed by atoms with van der Waals surface area (Å²) in [5, 5.41) is 3.17. The Kier molecular flexibility index (Phi) is 4.52. The fraction of sp³-hybridized carbons (Fsp3) is 0.118. The van der Waals surface area contributed by atoms with Crippen molar-refractivity contribution < 1.29 is 9.53 Å². The van der Waals surface area contributed by atoms with Gasteiger partial charge >= 0.3 is 0 Å². The number of anilines is 1. The molecule has 0 saturated carbocycles. The minimum atomic E-state index is 0.295. The van der Waals surface area contributed by atoms with E-state index in [2.05, 4.69) is 31.2 Å². The number of rotatable bonds is 5. The Labute approximate surface area is 141 Å². The normalized spacial score (nSPS) is 10.5. The topological polar surface area (TPSA) is 64.1 Å². The van der Waals surface area contributed by atoms with Crippen LogP contribution in [0.4, 0.5) is 5.82 Å². The van der Waals surface area contributed by atoms with Crippen LogP contribution in [-0.2, 0) is 6.54 Å². The van der Waals surface area contributed by atoms with Crippen molar-refractivity contribution in [3.05, 3.63) is 58.2 Å². The number of aromatic nitrogens is 2. The summed E-state index contributed by atoms with van der Waals surface area (Å²) in [5.41, 5.74) is 2.76. The molecular formula is C17H14BrN3O2. The smallest absolute Gasteiger partial charge is 0.172 e. The lowest BCUT2D eigenvalue weighted by molar-refractivity contribution is 0.112. The lowest BCUT2D eigenvalue weighted by atomic mass is 10.2. The second-order valence-corrected chi connectivity index (χ2v) is 5.83. The van der Waals surface area contributed by atoms with Crippen molar-refractivity contribution in [3.63, 3.8) is 0 Å². The maximum Gasteiger partial charge on any atom is 0.172 e. The van der Waals surface area contributed by atoms with Crippen molar-refractivity contribution >= 4 is 39.1 Å². The van der Waals surface area contributed by atoms with Crippen molar-refractivity contribution in [1.29, 1.82) is 0 Å². The van der Waals surface area contributed by atoms with E-state index in [-0.39, 0.29) is 0 Å². The van der Waals surface area contributed by atoms with Gasteiger partial charge in [0.15, 0.2) is 12.1 Å². The van der Waals surface area contributed by atoms with E-state index < -0.39 is 0 Å². The van der Waals surface area contributed by atoms with Crippen LogP contribution in [0.1, 0.15) is 16.1 Å². The number of nitrogens with one attached hydrogen (secondary N) is 1. The van der Waals surface area contributed by atoms with Crippen molar-refractivity contribution in [2.75, 3.05) is 12.4 Å². The fourth-order valence-electron chi connectivity index (χ4n) is 2.18. The van der Waals surface area contributed by atoms with Gasteiger partial charge in [-0.15, -0.1) is 0 Å². The lowest BCUT2D eigenvalue weighted by Crippen LogP contribution is -2.06. The van der Waals surface area contributed by atoms with Crippen LogP contribution in [0.2, 0.25) is 0 Å². The van der Waals surface area contributed by atoms with E-state index in [1.807, 2.05) is 42.5 Å². The third-order valence-electron chi connectivity index (χ3n) is 3.38. The molecule has 0 bridgehead atoms. The number of halogens is 1. The zero-order valence-corrected chi connectivity index (χ0v) is 14.0. The Morgan fingerprint density at radius 1 is 1.13 bits per heavy atom. The molecule has 0 aliphatic rings. The van der Waals surface area contributed by atoms with Gasteiger partial charge < -0.3 is 10.1 Å². The summed E-state index contributed by atoms with van der Waals surface area (Å²) < 4.78 is 6.03. The number of aldehydes is 1. The van der Waals surface area contributed by atoms with Gasteiger partial charge in [0, 0.05) is 11.0 Å². The van der Waals surface area contributed by atoms with Crippen LogP contribution in [0.25, 0.3) is 11.0 Å². The number of methoxy groups -OCH3 is 1. The predicted molar refractivity (Wildman–Crippen MR) is 92.9 cm³/mol. The summed E-state index contributed by atoms with van der Waals surface area (Å²) in [5.74, 6) is 1.28.